The van der Waals surface area contributed by atoms with Crippen LogP contribution in [0.5, 0.6) is 0 Å². The van der Waals surface area contributed by atoms with Gasteiger partial charge in [0.15, 0.2) is 0 Å². The van der Waals surface area contributed by atoms with Crippen molar-refractivity contribution < 1.29 is 9.18 Å². The summed E-state index contributed by atoms with van der Waals surface area (Å²) in [7, 11) is 0. The smallest absolute Gasteiger partial charge is 0.225 e. The summed E-state index contributed by atoms with van der Waals surface area (Å²) in [5.74, 6) is 0.153. The highest BCUT2D eigenvalue weighted by molar-refractivity contribution is 7.98. The second kappa shape index (κ2) is 5.59. The minimum Gasteiger partial charge on any atom is -0.325 e. The van der Waals surface area contributed by atoms with Crippen LogP contribution in [0.25, 0.3) is 0 Å². The largest absolute Gasteiger partial charge is 0.325 e. The number of amides is 1. The van der Waals surface area contributed by atoms with Crippen LogP contribution in [-0.2, 0) is 4.79 Å². The predicted octanol–water partition coefficient (Wildman–Crippen LogP) is 1.91. The molecule has 1 heterocycles. The van der Waals surface area contributed by atoms with Gasteiger partial charge in [-0.3, -0.25) is 4.79 Å². The van der Waals surface area contributed by atoms with Gasteiger partial charge in [-0.2, -0.15) is 16.2 Å². The van der Waals surface area contributed by atoms with Crippen molar-refractivity contribution in [3.05, 3.63) is 24.3 Å². The lowest BCUT2D eigenvalue weighted by atomic mass is 10.4. The Labute approximate surface area is 86.1 Å². The Bertz CT molecular complexity index is 302. The molecule has 3 nitrogen and oxygen atoms in total. The molecule has 0 fully saturated rings. The summed E-state index contributed by atoms with van der Waals surface area (Å²) >= 11 is 1.61. The number of anilines is 1. The average Bonchev–Trinajstić information content (AvgIpc) is 2.18. The lowest BCUT2D eigenvalue weighted by molar-refractivity contribution is -0.115. The summed E-state index contributed by atoms with van der Waals surface area (Å²) in [5.41, 5.74) is 0.525. The van der Waals surface area contributed by atoms with Crippen LogP contribution >= 0.6 is 11.8 Å². The van der Waals surface area contributed by atoms with Crippen molar-refractivity contribution in [3.63, 3.8) is 0 Å². The molecule has 0 unspecified atom stereocenters. The van der Waals surface area contributed by atoms with Gasteiger partial charge in [0, 0.05) is 12.2 Å². The molecule has 0 saturated heterocycles. The third-order valence-corrected chi connectivity index (χ3v) is 2.16. The number of rotatable bonds is 4. The Kier molecular flexibility index (Phi) is 4.39. The first-order valence-electron chi connectivity index (χ1n) is 4.12. The van der Waals surface area contributed by atoms with Gasteiger partial charge in [-0.25, -0.2) is 4.98 Å². The number of halogens is 1. The molecule has 0 spiro atoms. The summed E-state index contributed by atoms with van der Waals surface area (Å²) in [5, 5.41) is 2.62. The summed E-state index contributed by atoms with van der Waals surface area (Å²) < 4.78 is 12.4. The number of nitrogens with zero attached hydrogens (tertiary/aromatic N) is 1. The summed E-state index contributed by atoms with van der Waals surface area (Å²) in [6.45, 7) is 0. The standard InChI is InChI=1S/C9H11FN2OS/c1-14-5-4-9(13)12-7-2-3-8(10)11-6-7/h2-3,6H,4-5H2,1H3,(H,12,13). The number of carbonyl (C=O) groups is 1. The molecule has 1 aromatic heterocycles. The van der Waals surface area contributed by atoms with Gasteiger partial charge in [-0.05, 0) is 18.4 Å². The van der Waals surface area contributed by atoms with E-state index in [9.17, 15) is 9.18 Å². The Morgan fingerprint density at radius 1 is 1.64 bits per heavy atom. The van der Waals surface area contributed by atoms with Crippen molar-refractivity contribution in [1.82, 2.24) is 4.98 Å². The zero-order valence-electron chi connectivity index (χ0n) is 7.79. The predicted molar refractivity (Wildman–Crippen MR) is 55.8 cm³/mol. The fourth-order valence-electron chi connectivity index (χ4n) is 0.868. The molecule has 76 valence electrons. The maximum atomic E-state index is 12.4. The highest BCUT2D eigenvalue weighted by Crippen LogP contribution is 2.06. The van der Waals surface area contributed by atoms with E-state index in [4.69, 9.17) is 0 Å². The Balaban J connectivity index is 2.44. The van der Waals surface area contributed by atoms with Gasteiger partial charge in [-0.1, -0.05) is 0 Å². The second-order valence-electron chi connectivity index (χ2n) is 2.66. The van der Waals surface area contributed by atoms with Crippen molar-refractivity contribution in [2.75, 3.05) is 17.3 Å². The number of nitrogens with one attached hydrogen (secondary N) is 1. The fourth-order valence-corrected chi connectivity index (χ4v) is 1.26. The van der Waals surface area contributed by atoms with Gasteiger partial charge in [-0.15, -0.1) is 0 Å². The molecule has 0 aliphatic carbocycles. The van der Waals surface area contributed by atoms with E-state index >= 15 is 0 Å². The van der Waals surface area contributed by atoms with Gasteiger partial charge in [0.25, 0.3) is 0 Å². The van der Waals surface area contributed by atoms with E-state index in [1.807, 2.05) is 6.26 Å². The molecular weight excluding hydrogens is 203 g/mol. The molecule has 0 aromatic carbocycles. The van der Waals surface area contributed by atoms with Crippen molar-refractivity contribution in [2.24, 2.45) is 0 Å². The maximum Gasteiger partial charge on any atom is 0.225 e. The second-order valence-corrected chi connectivity index (χ2v) is 3.65. The molecule has 0 aliphatic heterocycles. The number of carbonyl (C=O) groups excluding carboxylic acids is 1. The van der Waals surface area contributed by atoms with Crippen molar-refractivity contribution in [1.29, 1.82) is 0 Å². The number of aromatic nitrogens is 1. The zero-order valence-corrected chi connectivity index (χ0v) is 8.60. The van der Waals surface area contributed by atoms with Crippen LogP contribution < -0.4 is 5.32 Å². The minimum atomic E-state index is -0.549. The summed E-state index contributed by atoms with van der Waals surface area (Å²) in [6, 6.07) is 2.70. The Hall–Kier alpha value is -1.10. The Morgan fingerprint density at radius 3 is 3.00 bits per heavy atom. The fraction of sp³-hybridized carbons (Fsp3) is 0.333. The van der Waals surface area contributed by atoms with Crippen LogP contribution in [0, 0.1) is 5.95 Å². The van der Waals surface area contributed by atoms with E-state index in [2.05, 4.69) is 10.3 Å². The van der Waals surface area contributed by atoms with Gasteiger partial charge >= 0.3 is 0 Å². The lowest BCUT2D eigenvalue weighted by Gasteiger charge is -2.03. The molecule has 5 heteroatoms. The number of hydrogen-bond donors (Lipinski definition) is 1. The molecule has 0 radical (unpaired) electrons. The first-order chi connectivity index (χ1) is 6.72. The summed E-state index contributed by atoms with van der Waals surface area (Å²) in [6.07, 6.45) is 3.69. The molecule has 0 aliphatic rings. The molecule has 0 saturated carbocycles. The van der Waals surface area contributed by atoms with Crippen molar-refractivity contribution in [2.45, 2.75) is 6.42 Å². The SMILES string of the molecule is CSCCC(=O)Nc1ccc(F)nc1. The molecule has 1 N–H and O–H groups in total. The molecular formula is C9H11FN2OS. The van der Waals surface area contributed by atoms with Crippen LogP contribution in [0.4, 0.5) is 10.1 Å². The van der Waals surface area contributed by atoms with Gasteiger partial charge in [0.1, 0.15) is 0 Å². The molecule has 1 aromatic rings. The van der Waals surface area contributed by atoms with E-state index in [0.29, 0.717) is 12.1 Å². The van der Waals surface area contributed by atoms with E-state index in [1.165, 1.54) is 18.3 Å². The van der Waals surface area contributed by atoms with E-state index in [-0.39, 0.29) is 5.91 Å². The molecule has 0 bridgehead atoms. The van der Waals surface area contributed by atoms with Crippen LogP contribution in [0.2, 0.25) is 0 Å². The molecule has 1 amide bonds. The topological polar surface area (TPSA) is 42.0 Å². The maximum absolute atomic E-state index is 12.4. The summed E-state index contributed by atoms with van der Waals surface area (Å²) in [4.78, 5) is 14.6. The number of hydrogen-bond acceptors (Lipinski definition) is 3. The lowest BCUT2D eigenvalue weighted by Crippen LogP contribution is -2.12. The van der Waals surface area contributed by atoms with Gasteiger partial charge in [0.05, 0.1) is 11.9 Å². The average molecular weight is 214 g/mol. The first kappa shape index (κ1) is 11.0. The van der Waals surface area contributed by atoms with Crippen LogP contribution in [0.3, 0.4) is 0 Å². The van der Waals surface area contributed by atoms with Gasteiger partial charge in [0.2, 0.25) is 11.9 Å². The minimum absolute atomic E-state index is 0.0761. The van der Waals surface area contributed by atoms with Gasteiger partial charge < -0.3 is 5.32 Å². The highest BCUT2D eigenvalue weighted by Gasteiger charge is 2.01. The van der Waals surface area contributed by atoms with E-state index in [1.54, 1.807) is 11.8 Å². The zero-order chi connectivity index (χ0) is 10.4. The third kappa shape index (κ3) is 3.74. The van der Waals surface area contributed by atoms with E-state index in [0.717, 1.165) is 5.75 Å². The third-order valence-electron chi connectivity index (χ3n) is 1.54. The van der Waals surface area contributed by atoms with Crippen molar-refractivity contribution >= 4 is 23.4 Å². The number of thioether (sulfide) groups is 1. The van der Waals surface area contributed by atoms with Crippen molar-refractivity contribution in [3.8, 4) is 0 Å². The quantitative estimate of drug-likeness (QED) is 0.778. The molecule has 1 rings (SSSR count). The monoisotopic (exact) mass is 214 g/mol. The first-order valence-corrected chi connectivity index (χ1v) is 5.52. The van der Waals surface area contributed by atoms with Crippen LogP contribution in [0.1, 0.15) is 6.42 Å². The van der Waals surface area contributed by atoms with E-state index < -0.39 is 5.95 Å². The highest BCUT2D eigenvalue weighted by atomic mass is 32.2. The molecule has 14 heavy (non-hydrogen) atoms. The van der Waals surface area contributed by atoms with Crippen LogP contribution in [0.15, 0.2) is 18.3 Å². The Morgan fingerprint density at radius 2 is 2.43 bits per heavy atom. The molecule has 0 atom stereocenters. The van der Waals surface area contributed by atoms with Crippen LogP contribution in [-0.4, -0.2) is 22.9 Å². The normalized spacial score (nSPS) is 9.86. The number of pyridine rings is 1.